The second kappa shape index (κ2) is 9.60. The summed E-state index contributed by atoms with van der Waals surface area (Å²) in [4.78, 5) is 25.1. The van der Waals surface area contributed by atoms with Crippen LogP contribution in [0.15, 0.2) is 66.7 Å². The van der Waals surface area contributed by atoms with E-state index in [0.717, 1.165) is 11.1 Å². The Morgan fingerprint density at radius 3 is 2.30 bits per heavy atom. The number of aryl methyl sites for hydroxylation is 1. The third-order valence-corrected chi connectivity index (χ3v) is 4.71. The van der Waals surface area contributed by atoms with Gasteiger partial charge in [0, 0.05) is 28.9 Å². The Kier molecular flexibility index (Phi) is 6.70. The van der Waals surface area contributed by atoms with Crippen LogP contribution in [0.3, 0.4) is 0 Å². The first-order valence-corrected chi connectivity index (χ1v) is 9.48. The smallest absolute Gasteiger partial charge is 0.255 e. The van der Waals surface area contributed by atoms with Gasteiger partial charge in [0.25, 0.3) is 11.8 Å². The Labute approximate surface area is 175 Å². The van der Waals surface area contributed by atoms with Gasteiger partial charge in [-0.25, -0.2) is 0 Å². The summed E-state index contributed by atoms with van der Waals surface area (Å²) in [5, 5.41) is 5.76. The third-order valence-electron chi connectivity index (χ3n) is 4.71. The fourth-order valence-electron chi connectivity index (χ4n) is 2.98. The molecule has 0 aromatic heterocycles. The molecule has 0 fully saturated rings. The van der Waals surface area contributed by atoms with E-state index >= 15 is 0 Å². The van der Waals surface area contributed by atoms with E-state index in [0.29, 0.717) is 28.3 Å². The van der Waals surface area contributed by atoms with E-state index in [1.165, 1.54) is 0 Å². The Bertz CT molecular complexity index is 1050. The molecule has 0 atom stereocenters. The zero-order valence-corrected chi connectivity index (χ0v) is 17.2. The van der Waals surface area contributed by atoms with Gasteiger partial charge in [0.05, 0.1) is 14.2 Å². The highest BCUT2D eigenvalue weighted by molar-refractivity contribution is 6.05. The number of anilines is 1. The zero-order valence-electron chi connectivity index (χ0n) is 17.2. The average molecular weight is 404 g/mol. The number of hydrogen-bond acceptors (Lipinski definition) is 4. The van der Waals surface area contributed by atoms with Gasteiger partial charge in [0.2, 0.25) is 0 Å². The molecule has 0 heterocycles. The number of benzene rings is 3. The first kappa shape index (κ1) is 20.9. The molecule has 0 saturated heterocycles. The maximum atomic E-state index is 12.7. The van der Waals surface area contributed by atoms with Crippen LogP contribution in [0.1, 0.15) is 31.8 Å². The number of rotatable bonds is 7. The van der Waals surface area contributed by atoms with Gasteiger partial charge in [0.1, 0.15) is 11.5 Å². The van der Waals surface area contributed by atoms with Gasteiger partial charge in [-0.2, -0.15) is 0 Å². The monoisotopic (exact) mass is 404 g/mol. The fourth-order valence-corrected chi connectivity index (χ4v) is 2.98. The lowest BCUT2D eigenvalue weighted by Crippen LogP contribution is -2.23. The summed E-state index contributed by atoms with van der Waals surface area (Å²) < 4.78 is 10.6. The van der Waals surface area contributed by atoms with Crippen LogP contribution in [0.25, 0.3) is 0 Å². The standard InChI is InChI=1S/C24H24N2O4/c1-16-9-10-18(14-21(16)26-24(28)17-7-5-4-6-8-17)23(27)25-15-19-13-20(29-2)11-12-22(19)30-3/h4-14H,15H2,1-3H3,(H,25,27)(H,26,28). The van der Waals surface area contributed by atoms with Gasteiger partial charge in [-0.15, -0.1) is 0 Å². The lowest BCUT2D eigenvalue weighted by Gasteiger charge is -2.13. The molecule has 30 heavy (non-hydrogen) atoms. The second-order valence-electron chi connectivity index (χ2n) is 6.71. The molecule has 0 radical (unpaired) electrons. The number of nitrogens with one attached hydrogen (secondary N) is 2. The highest BCUT2D eigenvalue weighted by Crippen LogP contribution is 2.24. The van der Waals surface area contributed by atoms with Crippen molar-refractivity contribution in [2.75, 3.05) is 19.5 Å². The molecule has 3 rings (SSSR count). The molecule has 0 bridgehead atoms. The van der Waals surface area contributed by atoms with Crippen LogP contribution in [0, 0.1) is 6.92 Å². The minimum atomic E-state index is -0.255. The number of carbonyl (C=O) groups excluding carboxylic acids is 2. The number of carbonyl (C=O) groups is 2. The van der Waals surface area contributed by atoms with E-state index in [9.17, 15) is 9.59 Å². The van der Waals surface area contributed by atoms with Crippen molar-refractivity contribution in [2.45, 2.75) is 13.5 Å². The summed E-state index contributed by atoms with van der Waals surface area (Å²) in [7, 11) is 3.16. The summed E-state index contributed by atoms with van der Waals surface area (Å²) in [5.41, 5.74) is 3.26. The van der Waals surface area contributed by atoms with Crippen LogP contribution in [0.4, 0.5) is 5.69 Å². The average Bonchev–Trinajstić information content (AvgIpc) is 2.79. The molecule has 0 aliphatic heterocycles. The fraction of sp³-hybridized carbons (Fsp3) is 0.167. The van der Waals surface area contributed by atoms with Gasteiger partial charge >= 0.3 is 0 Å². The summed E-state index contributed by atoms with van der Waals surface area (Å²) in [6.45, 7) is 2.15. The quantitative estimate of drug-likeness (QED) is 0.619. The Morgan fingerprint density at radius 1 is 0.833 bits per heavy atom. The molecule has 0 unspecified atom stereocenters. The Balaban J connectivity index is 1.73. The summed E-state index contributed by atoms with van der Waals surface area (Å²) in [5.74, 6) is 0.865. The molecule has 3 aromatic rings. The van der Waals surface area contributed by atoms with Crippen LogP contribution >= 0.6 is 0 Å². The Hall–Kier alpha value is -3.80. The summed E-state index contributed by atoms with van der Waals surface area (Å²) >= 11 is 0. The topological polar surface area (TPSA) is 76.7 Å². The molecule has 0 aliphatic rings. The van der Waals surface area contributed by atoms with Crippen LogP contribution in [0.5, 0.6) is 11.5 Å². The number of hydrogen-bond donors (Lipinski definition) is 2. The molecule has 6 nitrogen and oxygen atoms in total. The van der Waals surface area contributed by atoms with Gasteiger partial charge in [-0.1, -0.05) is 24.3 Å². The minimum absolute atomic E-state index is 0.225. The second-order valence-corrected chi connectivity index (χ2v) is 6.71. The van der Waals surface area contributed by atoms with Crippen molar-refractivity contribution in [3.63, 3.8) is 0 Å². The van der Waals surface area contributed by atoms with E-state index in [1.807, 2.05) is 25.1 Å². The van der Waals surface area contributed by atoms with Crippen LogP contribution in [-0.2, 0) is 6.54 Å². The molecule has 0 aliphatic carbocycles. The Morgan fingerprint density at radius 2 is 1.60 bits per heavy atom. The lowest BCUT2D eigenvalue weighted by atomic mass is 10.1. The molecule has 154 valence electrons. The van der Waals surface area contributed by atoms with Gasteiger partial charge in [-0.3, -0.25) is 9.59 Å². The maximum Gasteiger partial charge on any atom is 0.255 e. The minimum Gasteiger partial charge on any atom is -0.497 e. The van der Waals surface area contributed by atoms with Crippen LogP contribution in [-0.4, -0.2) is 26.0 Å². The SMILES string of the molecule is COc1ccc(OC)c(CNC(=O)c2ccc(C)c(NC(=O)c3ccccc3)c2)c1. The van der Waals surface area contributed by atoms with Crippen LogP contribution in [0.2, 0.25) is 0 Å². The van der Waals surface area contributed by atoms with Gasteiger partial charge in [-0.05, 0) is 55.0 Å². The van der Waals surface area contributed by atoms with Crippen molar-refractivity contribution < 1.29 is 19.1 Å². The van der Waals surface area contributed by atoms with E-state index in [-0.39, 0.29) is 18.4 Å². The van der Waals surface area contributed by atoms with Crippen molar-refractivity contribution in [2.24, 2.45) is 0 Å². The van der Waals surface area contributed by atoms with E-state index < -0.39 is 0 Å². The predicted molar refractivity (Wildman–Crippen MR) is 116 cm³/mol. The predicted octanol–water partition coefficient (Wildman–Crippen LogP) is 4.19. The van der Waals surface area contributed by atoms with Crippen molar-refractivity contribution in [1.82, 2.24) is 5.32 Å². The van der Waals surface area contributed by atoms with Gasteiger partial charge in [0.15, 0.2) is 0 Å². The third kappa shape index (κ3) is 4.97. The van der Waals surface area contributed by atoms with E-state index in [1.54, 1.807) is 62.8 Å². The van der Waals surface area contributed by atoms with E-state index in [4.69, 9.17) is 9.47 Å². The zero-order chi connectivity index (χ0) is 21.5. The molecule has 2 amide bonds. The highest BCUT2D eigenvalue weighted by atomic mass is 16.5. The molecule has 6 heteroatoms. The molecule has 2 N–H and O–H groups in total. The number of amides is 2. The van der Waals surface area contributed by atoms with Crippen molar-refractivity contribution in [1.29, 1.82) is 0 Å². The largest absolute Gasteiger partial charge is 0.497 e. The van der Waals surface area contributed by atoms with Gasteiger partial charge < -0.3 is 20.1 Å². The van der Waals surface area contributed by atoms with Crippen molar-refractivity contribution >= 4 is 17.5 Å². The summed E-state index contributed by atoms with van der Waals surface area (Å²) in [6.07, 6.45) is 0. The highest BCUT2D eigenvalue weighted by Gasteiger charge is 2.13. The van der Waals surface area contributed by atoms with E-state index in [2.05, 4.69) is 10.6 Å². The first-order chi connectivity index (χ1) is 14.5. The molecular formula is C24H24N2O4. The van der Waals surface area contributed by atoms with Crippen LogP contribution < -0.4 is 20.1 Å². The number of methoxy groups -OCH3 is 2. The number of ether oxygens (including phenoxy) is 2. The molecular weight excluding hydrogens is 380 g/mol. The van der Waals surface area contributed by atoms with Crippen molar-refractivity contribution in [3.05, 3.63) is 89.0 Å². The molecule has 3 aromatic carbocycles. The molecule has 0 saturated carbocycles. The normalized spacial score (nSPS) is 10.2. The van der Waals surface area contributed by atoms with Crippen molar-refractivity contribution in [3.8, 4) is 11.5 Å². The summed E-state index contributed by atoms with van der Waals surface area (Å²) in [6, 6.07) is 19.6. The molecule has 0 spiro atoms. The first-order valence-electron chi connectivity index (χ1n) is 9.48. The lowest BCUT2D eigenvalue weighted by molar-refractivity contribution is 0.0949. The maximum absolute atomic E-state index is 12.7.